The maximum atomic E-state index is 13.6. The van der Waals surface area contributed by atoms with E-state index in [0.717, 1.165) is 35.9 Å². The number of guanidine groups is 1. The smallest absolute Gasteiger partial charge is 0.243 e. The number of likely N-dealkylation sites (N-methyl/N-ethyl adjacent to an activating group) is 1. The first-order valence-corrected chi connectivity index (χ1v) is 22.8. The topological polar surface area (TPSA) is 339 Å². The molecule has 0 spiro atoms. The highest BCUT2D eigenvalue weighted by Crippen LogP contribution is 2.19. The van der Waals surface area contributed by atoms with Gasteiger partial charge in [0.2, 0.25) is 41.4 Å². The fourth-order valence-corrected chi connectivity index (χ4v) is 5.81. The summed E-state index contributed by atoms with van der Waals surface area (Å²) >= 11 is 0. The third-order valence-electron chi connectivity index (χ3n) is 9.00. The number of para-hydroxylation sites is 1. The van der Waals surface area contributed by atoms with Gasteiger partial charge in [-0.1, -0.05) is 95.1 Å². The molecule has 0 fully saturated rings. The number of aromatic nitrogens is 3. The summed E-state index contributed by atoms with van der Waals surface area (Å²) in [4.78, 5) is 100. The SMILES string of the molecule is CC.CC.CCCCNC(C)=O.CNCC(=O)N[C@@H](Cc1cnc[nH]1)C(=O)NCC(=O)NC(CCCN=C(N)N)C(=O)NC(Cc1c[nH]c2ccccc12)C(=O)NCC(N)=O.Cc1ccccc1. The van der Waals surface area contributed by atoms with Gasteiger partial charge in [0.15, 0.2) is 5.96 Å². The molecule has 0 aliphatic rings. The fourth-order valence-electron chi connectivity index (χ4n) is 5.81. The minimum absolute atomic E-state index is 0.0360. The van der Waals surface area contributed by atoms with Gasteiger partial charge in [-0.25, -0.2) is 4.98 Å². The molecule has 0 saturated carbocycles. The first-order valence-electron chi connectivity index (χ1n) is 22.8. The first-order chi connectivity index (χ1) is 32.6. The van der Waals surface area contributed by atoms with E-state index in [4.69, 9.17) is 17.2 Å². The maximum Gasteiger partial charge on any atom is 0.243 e. The number of hydrogen-bond acceptors (Lipinski definition) is 10. The van der Waals surface area contributed by atoms with Gasteiger partial charge < -0.3 is 64.4 Å². The van der Waals surface area contributed by atoms with E-state index in [1.54, 1.807) is 13.2 Å². The summed E-state index contributed by atoms with van der Waals surface area (Å²) in [6, 6.07) is 14.3. The summed E-state index contributed by atoms with van der Waals surface area (Å²) in [5.41, 5.74) is 19.5. The van der Waals surface area contributed by atoms with Crippen LogP contribution in [0.4, 0.5) is 0 Å². The summed E-state index contributed by atoms with van der Waals surface area (Å²) < 4.78 is 0. The largest absolute Gasteiger partial charge is 0.370 e. The van der Waals surface area contributed by atoms with Gasteiger partial charge in [-0.3, -0.25) is 38.6 Å². The van der Waals surface area contributed by atoms with E-state index in [0.29, 0.717) is 5.69 Å². The molecular formula is C47H76N14O7. The van der Waals surface area contributed by atoms with Crippen LogP contribution in [0.2, 0.25) is 0 Å². The van der Waals surface area contributed by atoms with E-state index in [2.05, 4.69) is 83.1 Å². The number of nitrogens with one attached hydrogen (secondary N) is 9. The second kappa shape index (κ2) is 36.9. The van der Waals surface area contributed by atoms with Crippen LogP contribution in [0.1, 0.15) is 84.0 Å². The molecule has 0 aliphatic heterocycles. The fraction of sp³-hybridized carbons (Fsp3) is 0.468. The molecule has 0 aliphatic carbocycles. The van der Waals surface area contributed by atoms with Crippen molar-refractivity contribution in [3.05, 3.63) is 90.1 Å². The summed E-state index contributed by atoms with van der Waals surface area (Å²) in [5.74, 6) is -4.03. The number of fused-ring (bicyclic) bond motifs is 1. The molecular weight excluding hydrogens is 873 g/mol. The maximum absolute atomic E-state index is 13.6. The van der Waals surface area contributed by atoms with E-state index >= 15 is 0 Å². The van der Waals surface area contributed by atoms with E-state index in [-0.39, 0.29) is 50.6 Å². The Bertz CT molecular complexity index is 2090. The number of carbonyl (C=O) groups excluding carboxylic acids is 7. The molecule has 0 saturated heterocycles. The van der Waals surface area contributed by atoms with Crippen molar-refractivity contribution >= 4 is 58.2 Å². The van der Waals surface area contributed by atoms with Crippen molar-refractivity contribution in [1.82, 2.24) is 52.2 Å². The van der Waals surface area contributed by atoms with Crippen LogP contribution in [0.15, 0.2) is 78.3 Å². The van der Waals surface area contributed by atoms with E-state index in [9.17, 15) is 33.6 Å². The average molecular weight is 949 g/mol. The Labute approximate surface area is 400 Å². The van der Waals surface area contributed by atoms with Gasteiger partial charge in [-0.2, -0.15) is 0 Å². The third-order valence-corrected chi connectivity index (χ3v) is 9.00. The van der Waals surface area contributed by atoms with Crippen LogP contribution in [0.5, 0.6) is 0 Å². The van der Waals surface area contributed by atoms with Gasteiger partial charge >= 0.3 is 0 Å². The van der Waals surface area contributed by atoms with Crippen molar-refractivity contribution in [2.75, 3.05) is 39.8 Å². The molecule has 2 aromatic heterocycles. The number of imidazole rings is 1. The number of hydrogen-bond donors (Lipinski definition) is 12. The number of nitrogens with two attached hydrogens (primary N) is 3. The quantitative estimate of drug-likeness (QED) is 0.0284. The number of carbonyl (C=O) groups is 7. The monoisotopic (exact) mass is 949 g/mol. The van der Waals surface area contributed by atoms with Gasteiger partial charge in [0.1, 0.15) is 18.1 Å². The third kappa shape index (κ3) is 27.2. The minimum atomic E-state index is -1.18. The second-order valence-electron chi connectivity index (χ2n) is 14.5. The lowest BCUT2D eigenvalue weighted by atomic mass is 10.0. The van der Waals surface area contributed by atoms with Gasteiger partial charge in [0.25, 0.3) is 0 Å². The molecule has 0 bridgehead atoms. The molecule has 4 aromatic rings. The van der Waals surface area contributed by atoms with E-state index in [1.807, 2.05) is 70.2 Å². The number of primary amides is 1. The van der Waals surface area contributed by atoms with Crippen molar-refractivity contribution in [1.29, 1.82) is 0 Å². The van der Waals surface area contributed by atoms with E-state index < -0.39 is 66.7 Å². The molecule has 3 atom stereocenters. The van der Waals surface area contributed by atoms with Gasteiger partial charge in [-0.05, 0) is 44.9 Å². The Kier molecular flexibility index (Phi) is 32.9. The lowest BCUT2D eigenvalue weighted by Crippen LogP contribution is -2.56. The summed E-state index contributed by atoms with van der Waals surface area (Å²) in [6.45, 7) is 13.7. The minimum Gasteiger partial charge on any atom is -0.370 e. The van der Waals surface area contributed by atoms with Crippen LogP contribution in [-0.2, 0) is 46.4 Å². The molecule has 21 heteroatoms. The Balaban J connectivity index is 0.00000197. The second-order valence-corrected chi connectivity index (χ2v) is 14.5. The molecule has 68 heavy (non-hydrogen) atoms. The molecule has 7 amide bonds. The molecule has 0 radical (unpaired) electrons. The number of nitrogens with zero attached hydrogens (tertiary/aromatic N) is 2. The van der Waals surface area contributed by atoms with E-state index in [1.165, 1.54) is 25.0 Å². The number of aromatic amines is 2. The molecule has 2 heterocycles. The van der Waals surface area contributed by atoms with Crippen molar-refractivity contribution in [2.24, 2.45) is 22.2 Å². The average Bonchev–Trinajstić information content (AvgIpc) is 4.00. The summed E-state index contributed by atoms with van der Waals surface area (Å²) in [6.07, 6.45) is 7.32. The number of H-pyrrole nitrogens is 2. The summed E-state index contributed by atoms with van der Waals surface area (Å²) in [7, 11) is 1.58. The first kappa shape index (κ1) is 60.7. The lowest BCUT2D eigenvalue weighted by Gasteiger charge is -2.23. The number of rotatable bonds is 23. The Morgan fingerprint density at radius 2 is 1.31 bits per heavy atom. The molecule has 2 unspecified atom stereocenters. The highest BCUT2D eigenvalue weighted by atomic mass is 16.2. The standard InChI is InChI=1S/C30H43N13O6.C7H8.C6H13NO.2C2H6/c1-34-14-25(45)42-23(10-18-12-35-16-40-18)28(48)39-15-26(46)41-21(7-4-8-36-30(32)33)29(49)43-22(27(47)38-13-24(31)44)9-17-11-37-20-6-3-2-5-19(17)20;1-7-5-3-2-4-6-7;1-3-4-5-7-6(2)8;2*1-2/h2-3,5-6,11-12,16,21-23,34,37H,4,7-10,13-15H2,1H3,(H2,31,44)(H,35,40)(H,38,47)(H,39,48)(H,41,46)(H,42,45)(H,43,49)(H4,32,33,36);2-6H,1H3;3-5H2,1-2H3,(H,7,8);2*1-2H3/t21?,22?,23-;;;;/m0..../s1. The lowest BCUT2D eigenvalue weighted by molar-refractivity contribution is -0.133. The van der Waals surface area contributed by atoms with Gasteiger partial charge in [-0.15, -0.1) is 0 Å². The predicted octanol–water partition coefficient (Wildman–Crippen LogP) is 1.09. The van der Waals surface area contributed by atoms with Crippen LogP contribution in [0.25, 0.3) is 10.9 Å². The molecule has 2 aromatic carbocycles. The number of aryl methyl sites for hydroxylation is 1. The zero-order valence-corrected chi connectivity index (χ0v) is 40.9. The van der Waals surface area contributed by atoms with Crippen molar-refractivity contribution in [2.45, 2.75) is 105 Å². The number of amides is 7. The van der Waals surface area contributed by atoms with Crippen LogP contribution in [-0.4, -0.2) is 120 Å². The Morgan fingerprint density at radius 3 is 1.87 bits per heavy atom. The number of unbranched alkanes of at least 4 members (excludes halogenated alkanes) is 1. The highest BCUT2D eigenvalue weighted by molar-refractivity contribution is 5.95. The molecule has 4 rings (SSSR count). The van der Waals surface area contributed by atoms with Crippen LogP contribution < -0.4 is 54.4 Å². The summed E-state index contributed by atoms with van der Waals surface area (Å²) in [5, 5.41) is 19.0. The van der Waals surface area contributed by atoms with Crippen LogP contribution in [0.3, 0.4) is 0 Å². The number of benzene rings is 2. The van der Waals surface area contributed by atoms with Crippen molar-refractivity contribution < 1.29 is 33.6 Å². The zero-order chi connectivity index (χ0) is 51.3. The van der Waals surface area contributed by atoms with Gasteiger partial charge in [0.05, 0.1) is 26.0 Å². The number of aliphatic imine (C=N–C) groups is 1. The van der Waals surface area contributed by atoms with Gasteiger partial charge in [0, 0.05) is 61.8 Å². The molecule has 376 valence electrons. The van der Waals surface area contributed by atoms with Crippen LogP contribution >= 0.6 is 0 Å². The normalized spacial score (nSPS) is 11.2. The Morgan fingerprint density at radius 1 is 0.706 bits per heavy atom. The zero-order valence-electron chi connectivity index (χ0n) is 40.9. The van der Waals surface area contributed by atoms with Crippen molar-refractivity contribution in [3.8, 4) is 0 Å². The van der Waals surface area contributed by atoms with Crippen molar-refractivity contribution in [3.63, 3.8) is 0 Å². The highest BCUT2D eigenvalue weighted by Gasteiger charge is 2.29. The Hall–Kier alpha value is -7.29. The molecule has 21 nitrogen and oxygen atoms in total. The molecule has 15 N–H and O–H groups in total. The predicted molar refractivity (Wildman–Crippen MR) is 267 cm³/mol. The van der Waals surface area contributed by atoms with Crippen LogP contribution in [0, 0.1) is 6.92 Å².